The highest BCUT2D eigenvalue weighted by Crippen LogP contribution is 2.40. The Hall–Kier alpha value is -5.02. The number of benzene rings is 2. The molecule has 216 valence electrons. The van der Waals surface area contributed by atoms with Crippen LogP contribution in [0.2, 0.25) is 0 Å². The Kier molecular flexibility index (Phi) is 7.65. The normalized spacial score (nSPS) is 16.9. The van der Waals surface area contributed by atoms with Gasteiger partial charge in [-0.1, -0.05) is 36.8 Å². The van der Waals surface area contributed by atoms with E-state index in [1.165, 1.54) is 17.5 Å². The van der Waals surface area contributed by atoms with Crippen molar-refractivity contribution in [1.82, 2.24) is 20.3 Å². The number of nitrogens with two attached hydrogens (primary N) is 1. The fraction of sp³-hybridized carbons (Fsp3) is 0.194. The van der Waals surface area contributed by atoms with Gasteiger partial charge in [0.15, 0.2) is 16.8 Å². The molecule has 2 atom stereocenters. The molecule has 3 heterocycles. The first-order valence-corrected chi connectivity index (χ1v) is 14.4. The molecular formula is C31H24F3N7OS. The zero-order valence-corrected chi connectivity index (χ0v) is 23.4. The number of carbonyl (C=O) groups is 1. The smallest absolute Gasteiger partial charge is 0.271 e. The van der Waals surface area contributed by atoms with E-state index < -0.39 is 17.5 Å². The Labute approximate surface area is 248 Å². The third-order valence-corrected chi connectivity index (χ3v) is 8.14. The minimum atomic E-state index is -0.805. The van der Waals surface area contributed by atoms with Crippen LogP contribution >= 0.6 is 11.3 Å². The van der Waals surface area contributed by atoms with Gasteiger partial charge in [-0.2, -0.15) is 5.26 Å². The van der Waals surface area contributed by atoms with Crippen LogP contribution in [0, 0.1) is 34.7 Å². The number of H-pyrrole nitrogens is 1. The lowest BCUT2D eigenvalue weighted by Gasteiger charge is -2.27. The third kappa shape index (κ3) is 5.59. The van der Waals surface area contributed by atoms with Gasteiger partial charge in [-0.25, -0.2) is 28.1 Å². The van der Waals surface area contributed by atoms with Gasteiger partial charge in [0.2, 0.25) is 0 Å². The fourth-order valence-electron chi connectivity index (χ4n) is 5.49. The molecule has 0 radical (unpaired) electrons. The van der Waals surface area contributed by atoms with Crippen molar-refractivity contribution in [2.75, 3.05) is 5.73 Å². The number of nitrogens with one attached hydrogen (secondary N) is 2. The number of nitrogen functional groups attached to an aromatic ring is 1. The van der Waals surface area contributed by atoms with Gasteiger partial charge in [-0.05, 0) is 36.8 Å². The number of aromatic amines is 1. The molecule has 1 fully saturated rings. The maximum Gasteiger partial charge on any atom is 0.271 e. The predicted molar refractivity (Wildman–Crippen MR) is 159 cm³/mol. The van der Waals surface area contributed by atoms with Crippen molar-refractivity contribution in [3.05, 3.63) is 82.8 Å². The molecule has 1 unspecified atom stereocenters. The van der Waals surface area contributed by atoms with Gasteiger partial charge in [0, 0.05) is 46.4 Å². The van der Waals surface area contributed by atoms with E-state index in [0.717, 1.165) is 31.4 Å². The summed E-state index contributed by atoms with van der Waals surface area (Å²) in [5.74, 6) is -3.05. The molecule has 12 heteroatoms. The Bertz CT molecular complexity index is 1910. The number of rotatable bonds is 6. The second-order valence-electron chi connectivity index (χ2n) is 10.3. The summed E-state index contributed by atoms with van der Waals surface area (Å²) < 4.78 is 44.9. The van der Waals surface area contributed by atoms with E-state index in [1.54, 1.807) is 41.9 Å². The molecular weight excluding hydrogens is 575 g/mol. The van der Waals surface area contributed by atoms with Crippen LogP contribution in [0.5, 0.6) is 0 Å². The molecule has 4 N–H and O–H groups in total. The largest absolute Gasteiger partial charge is 0.375 e. The van der Waals surface area contributed by atoms with Crippen LogP contribution in [0.4, 0.5) is 24.1 Å². The molecule has 1 amide bonds. The summed E-state index contributed by atoms with van der Waals surface area (Å²) in [5, 5.41) is 15.2. The Balaban J connectivity index is 1.38. The van der Waals surface area contributed by atoms with Crippen molar-refractivity contribution in [2.45, 2.75) is 31.7 Å². The number of hydrogen-bond donors (Lipinski definition) is 3. The number of aromatic nitrogens is 3. The van der Waals surface area contributed by atoms with Crippen molar-refractivity contribution in [3.8, 4) is 28.5 Å². The summed E-state index contributed by atoms with van der Waals surface area (Å²) in [5.41, 5.74) is 6.56. The highest BCUT2D eigenvalue weighted by molar-refractivity contribution is 7.13. The predicted octanol–water partition coefficient (Wildman–Crippen LogP) is 6.92. The minimum Gasteiger partial charge on any atom is -0.375 e. The topological polar surface area (TPSA) is 133 Å². The van der Waals surface area contributed by atoms with E-state index in [-0.39, 0.29) is 62.7 Å². The highest BCUT2D eigenvalue weighted by atomic mass is 32.1. The molecule has 0 bridgehead atoms. The van der Waals surface area contributed by atoms with Crippen molar-refractivity contribution < 1.29 is 18.0 Å². The van der Waals surface area contributed by atoms with Crippen LogP contribution in [0.25, 0.3) is 33.3 Å². The number of aliphatic imine (C=N–C) groups is 1. The number of carbonyl (C=O) groups excluding carboxylic acids is 1. The lowest BCUT2D eigenvalue weighted by molar-refractivity contribution is 0.0920. The van der Waals surface area contributed by atoms with Crippen molar-refractivity contribution in [3.63, 3.8) is 0 Å². The summed E-state index contributed by atoms with van der Waals surface area (Å²) in [7, 11) is 0. The Morgan fingerprint density at radius 3 is 2.74 bits per heavy atom. The van der Waals surface area contributed by atoms with E-state index in [9.17, 15) is 18.8 Å². The molecule has 6 rings (SSSR count). The fourth-order valence-corrected chi connectivity index (χ4v) is 6.03. The molecule has 8 nitrogen and oxygen atoms in total. The van der Waals surface area contributed by atoms with Crippen molar-refractivity contribution >= 4 is 45.3 Å². The van der Waals surface area contributed by atoms with Crippen LogP contribution in [-0.4, -0.2) is 33.1 Å². The molecule has 1 aliphatic rings. The average Bonchev–Trinajstić information content (AvgIpc) is 3.63. The van der Waals surface area contributed by atoms with Crippen molar-refractivity contribution in [2.24, 2.45) is 10.9 Å². The number of hydrogen-bond acceptors (Lipinski definition) is 7. The minimum absolute atomic E-state index is 0.0113. The van der Waals surface area contributed by atoms with E-state index in [4.69, 9.17) is 5.73 Å². The monoisotopic (exact) mass is 599 g/mol. The molecule has 0 saturated heterocycles. The van der Waals surface area contributed by atoms with E-state index in [1.807, 2.05) is 6.07 Å². The molecule has 0 spiro atoms. The number of fused-ring (bicyclic) bond motifs is 1. The van der Waals surface area contributed by atoms with Gasteiger partial charge in [0.25, 0.3) is 5.91 Å². The van der Waals surface area contributed by atoms with Crippen LogP contribution < -0.4 is 11.1 Å². The van der Waals surface area contributed by atoms with E-state index >= 15 is 4.39 Å². The van der Waals surface area contributed by atoms with Crippen LogP contribution in [0.3, 0.4) is 0 Å². The first-order valence-electron chi connectivity index (χ1n) is 13.5. The van der Waals surface area contributed by atoms with Gasteiger partial charge in [0.05, 0.1) is 16.8 Å². The maximum atomic E-state index is 16.1. The molecule has 43 heavy (non-hydrogen) atoms. The van der Waals surface area contributed by atoms with Crippen LogP contribution in [0.15, 0.2) is 59.0 Å². The highest BCUT2D eigenvalue weighted by Gasteiger charge is 2.26. The average molecular weight is 600 g/mol. The molecule has 2 aromatic carbocycles. The number of nitrogens with zero attached hydrogens (tertiary/aromatic N) is 4. The first kappa shape index (κ1) is 28.1. The Morgan fingerprint density at radius 2 is 2.00 bits per heavy atom. The number of nitriles is 1. The number of amides is 1. The lowest BCUT2D eigenvalue weighted by Crippen LogP contribution is -2.38. The van der Waals surface area contributed by atoms with Gasteiger partial charge in [-0.3, -0.25) is 4.79 Å². The Morgan fingerprint density at radius 1 is 1.19 bits per heavy atom. The lowest BCUT2D eigenvalue weighted by atomic mass is 9.86. The zero-order chi connectivity index (χ0) is 30.1. The molecule has 0 aliphatic heterocycles. The standard InChI is InChI=1S/C31H24F3N7OS/c32-18-10-20-22(14-37-28(20)23(33)11-18)27-21(12-35)25(17-6-2-1-3-7-17)26(34)29(41-27)38-13-16-5-4-8-19(9-16)39-30(42)24-15-43-31(36)40-24/h1-3,6-7,10-11,13-16,19,37H,4-5,8-9H2,(H2,36,40)(H,39,42)/t16?,19-/m0/s1. The maximum absolute atomic E-state index is 16.1. The molecule has 5 aromatic rings. The SMILES string of the molecule is N#Cc1c(-c2c[nH]c3c(F)cc(F)cc23)nc(N=CC2CCC[C@H](NC(=O)c3csc(N)n3)C2)c(F)c1-c1ccccc1. The second kappa shape index (κ2) is 11.7. The van der Waals surface area contributed by atoms with Gasteiger partial charge in [0.1, 0.15) is 23.4 Å². The van der Waals surface area contributed by atoms with E-state index in [2.05, 4.69) is 25.3 Å². The van der Waals surface area contributed by atoms with Gasteiger partial charge >= 0.3 is 0 Å². The second-order valence-corrected chi connectivity index (χ2v) is 11.2. The summed E-state index contributed by atoms with van der Waals surface area (Å²) in [6, 6.07) is 12.3. The van der Waals surface area contributed by atoms with Crippen LogP contribution in [0.1, 0.15) is 41.7 Å². The summed E-state index contributed by atoms with van der Waals surface area (Å²) in [4.78, 5) is 28.2. The van der Waals surface area contributed by atoms with Gasteiger partial charge < -0.3 is 16.0 Å². The molecule has 1 aliphatic carbocycles. The third-order valence-electron chi connectivity index (χ3n) is 7.47. The number of halogens is 3. The summed E-state index contributed by atoms with van der Waals surface area (Å²) in [6.45, 7) is 0. The number of pyridine rings is 1. The van der Waals surface area contributed by atoms with Crippen LogP contribution in [-0.2, 0) is 0 Å². The number of thiazole rings is 1. The summed E-state index contributed by atoms with van der Waals surface area (Å²) >= 11 is 1.19. The first-order chi connectivity index (χ1) is 20.8. The van der Waals surface area contributed by atoms with E-state index in [0.29, 0.717) is 17.1 Å². The summed E-state index contributed by atoms with van der Waals surface area (Å²) in [6.07, 6.45) is 5.97. The van der Waals surface area contributed by atoms with Crippen molar-refractivity contribution in [1.29, 1.82) is 5.26 Å². The molecule has 3 aromatic heterocycles. The quantitative estimate of drug-likeness (QED) is 0.182. The molecule has 1 saturated carbocycles. The van der Waals surface area contributed by atoms with Gasteiger partial charge in [-0.15, -0.1) is 11.3 Å². The zero-order valence-electron chi connectivity index (χ0n) is 22.6. The number of anilines is 1.